The van der Waals surface area contributed by atoms with Gasteiger partial charge in [0.2, 0.25) is 0 Å². The van der Waals surface area contributed by atoms with Crippen molar-refractivity contribution < 1.29 is 8.42 Å². The number of halogens is 1. The topological polar surface area (TPSA) is 75.4 Å². The van der Waals surface area contributed by atoms with Gasteiger partial charge in [-0.25, -0.2) is 4.72 Å². The van der Waals surface area contributed by atoms with Gasteiger partial charge in [0, 0.05) is 25.7 Å². The lowest BCUT2D eigenvalue weighted by Gasteiger charge is -2.31. The largest absolute Gasteiger partial charge is 0.328 e. The van der Waals surface area contributed by atoms with Gasteiger partial charge in [-0.3, -0.25) is 0 Å². The Hall–Kier alpha value is 0.120. The van der Waals surface area contributed by atoms with Crippen molar-refractivity contribution in [1.29, 1.82) is 0 Å². The van der Waals surface area contributed by atoms with Crippen LogP contribution in [0.2, 0.25) is 0 Å². The van der Waals surface area contributed by atoms with E-state index >= 15 is 0 Å². The summed E-state index contributed by atoms with van der Waals surface area (Å²) in [7, 11) is -3.29. The van der Waals surface area contributed by atoms with Crippen LogP contribution in [0.25, 0.3) is 0 Å². The number of rotatable bonds is 4. The van der Waals surface area contributed by atoms with Crippen LogP contribution in [0.15, 0.2) is 0 Å². The molecule has 5 nitrogen and oxygen atoms in total. The Morgan fingerprint density at radius 3 is 2.65 bits per heavy atom. The third-order valence-corrected chi connectivity index (χ3v) is 5.88. The molecule has 0 amide bonds. The first kappa shape index (κ1) is 18.2. The van der Waals surface area contributed by atoms with Crippen LogP contribution < -0.4 is 10.5 Å². The van der Waals surface area contributed by atoms with Crippen molar-refractivity contribution >= 4 is 22.6 Å². The van der Waals surface area contributed by atoms with Crippen molar-refractivity contribution in [3.63, 3.8) is 0 Å². The predicted octanol–water partition coefficient (Wildman–Crippen LogP) is 1.49. The lowest BCUT2D eigenvalue weighted by atomic mass is 9.86. The van der Waals surface area contributed by atoms with Gasteiger partial charge in [-0.05, 0) is 43.9 Å². The molecular weight excluding hydrogens is 298 g/mol. The van der Waals surface area contributed by atoms with E-state index in [1.54, 1.807) is 4.31 Å². The number of hydrogen-bond donors (Lipinski definition) is 2. The SMILES string of the molecule is CC1CCCN(S(=O)(=O)NCC2CCCC(N)C2)C1.Cl. The van der Waals surface area contributed by atoms with Crippen molar-refractivity contribution in [2.45, 2.75) is 51.5 Å². The van der Waals surface area contributed by atoms with E-state index in [-0.39, 0.29) is 18.4 Å². The Bertz CT molecular complexity index is 391. The van der Waals surface area contributed by atoms with Gasteiger partial charge in [0.05, 0.1) is 0 Å². The van der Waals surface area contributed by atoms with Crippen LogP contribution in [-0.2, 0) is 10.2 Å². The van der Waals surface area contributed by atoms with E-state index in [1.807, 2.05) is 0 Å². The molecule has 120 valence electrons. The first-order valence-corrected chi connectivity index (χ1v) is 8.91. The van der Waals surface area contributed by atoms with Crippen LogP contribution in [0.1, 0.15) is 45.4 Å². The summed E-state index contributed by atoms with van der Waals surface area (Å²) in [5, 5.41) is 0. The Kier molecular flexibility index (Phi) is 7.21. The summed E-state index contributed by atoms with van der Waals surface area (Å²) in [5.41, 5.74) is 5.94. The molecule has 2 fully saturated rings. The zero-order chi connectivity index (χ0) is 13.9. The molecule has 2 rings (SSSR count). The molecule has 3 N–H and O–H groups in total. The fraction of sp³-hybridized carbons (Fsp3) is 1.00. The minimum atomic E-state index is -3.29. The molecule has 1 heterocycles. The fourth-order valence-electron chi connectivity index (χ4n) is 3.20. The summed E-state index contributed by atoms with van der Waals surface area (Å²) in [5.74, 6) is 0.870. The molecule has 1 aliphatic heterocycles. The highest BCUT2D eigenvalue weighted by Crippen LogP contribution is 2.23. The Balaban J connectivity index is 0.00000200. The smallest absolute Gasteiger partial charge is 0.279 e. The molecule has 0 aromatic carbocycles. The molecule has 2 aliphatic rings. The number of nitrogens with zero attached hydrogens (tertiary/aromatic N) is 1. The first-order valence-electron chi connectivity index (χ1n) is 7.47. The van der Waals surface area contributed by atoms with Crippen LogP contribution in [-0.4, -0.2) is 38.4 Å². The van der Waals surface area contributed by atoms with E-state index in [0.717, 1.165) is 38.5 Å². The second-order valence-electron chi connectivity index (χ2n) is 6.25. The summed E-state index contributed by atoms with van der Waals surface area (Å²) >= 11 is 0. The molecule has 0 bridgehead atoms. The normalized spacial score (nSPS) is 32.6. The predicted molar refractivity (Wildman–Crippen MR) is 84.1 cm³/mol. The lowest BCUT2D eigenvalue weighted by Crippen LogP contribution is -2.47. The summed E-state index contributed by atoms with van der Waals surface area (Å²) in [6.07, 6.45) is 6.33. The average Bonchev–Trinajstić information content (AvgIpc) is 2.37. The van der Waals surface area contributed by atoms with Gasteiger partial charge >= 0.3 is 0 Å². The molecule has 1 aliphatic carbocycles. The molecule has 0 aromatic rings. The molecule has 1 saturated carbocycles. The lowest BCUT2D eigenvalue weighted by molar-refractivity contribution is 0.273. The van der Waals surface area contributed by atoms with E-state index in [9.17, 15) is 8.42 Å². The van der Waals surface area contributed by atoms with Crippen LogP contribution >= 0.6 is 12.4 Å². The molecule has 20 heavy (non-hydrogen) atoms. The quantitative estimate of drug-likeness (QED) is 0.822. The Morgan fingerprint density at radius 2 is 2.00 bits per heavy atom. The second kappa shape index (κ2) is 7.94. The molecule has 0 radical (unpaired) electrons. The van der Waals surface area contributed by atoms with Crippen LogP contribution in [0.5, 0.6) is 0 Å². The maximum atomic E-state index is 12.2. The van der Waals surface area contributed by atoms with E-state index in [2.05, 4.69) is 11.6 Å². The van der Waals surface area contributed by atoms with Crippen LogP contribution in [0.4, 0.5) is 0 Å². The zero-order valence-corrected chi connectivity index (χ0v) is 13.9. The van der Waals surface area contributed by atoms with Crippen molar-refractivity contribution in [2.75, 3.05) is 19.6 Å². The summed E-state index contributed by atoms with van der Waals surface area (Å²) in [4.78, 5) is 0. The number of nitrogens with one attached hydrogen (secondary N) is 1. The van der Waals surface area contributed by atoms with Crippen LogP contribution in [0.3, 0.4) is 0 Å². The number of piperidine rings is 1. The van der Waals surface area contributed by atoms with Crippen LogP contribution in [0, 0.1) is 11.8 Å². The van der Waals surface area contributed by atoms with Gasteiger partial charge < -0.3 is 5.73 Å². The first-order chi connectivity index (χ1) is 8.97. The maximum absolute atomic E-state index is 12.2. The van der Waals surface area contributed by atoms with Gasteiger partial charge in [0.25, 0.3) is 10.2 Å². The average molecular weight is 326 g/mol. The molecule has 3 atom stereocenters. The highest BCUT2D eigenvalue weighted by molar-refractivity contribution is 7.87. The molecular formula is C13H28ClN3O2S. The minimum absolute atomic E-state index is 0. The minimum Gasteiger partial charge on any atom is -0.328 e. The van der Waals surface area contributed by atoms with Gasteiger partial charge in [-0.2, -0.15) is 12.7 Å². The van der Waals surface area contributed by atoms with Gasteiger partial charge in [-0.1, -0.05) is 13.3 Å². The molecule has 0 spiro atoms. The molecule has 0 aromatic heterocycles. The van der Waals surface area contributed by atoms with Gasteiger partial charge in [-0.15, -0.1) is 12.4 Å². The van der Waals surface area contributed by atoms with Crippen molar-refractivity contribution in [2.24, 2.45) is 17.6 Å². The molecule has 7 heteroatoms. The Morgan fingerprint density at radius 1 is 1.25 bits per heavy atom. The highest BCUT2D eigenvalue weighted by Gasteiger charge is 2.28. The third kappa shape index (κ3) is 5.15. The third-order valence-electron chi connectivity index (χ3n) is 4.34. The van der Waals surface area contributed by atoms with Gasteiger partial charge in [0.15, 0.2) is 0 Å². The summed E-state index contributed by atoms with van der Waals surface area (Å²) in [6.45, 7) is 3.96. The maximum Gasteiger partial charge on any atom is 0.279 e. The molecule has 1 saturated heterocycles. The highest BCUT2D eigenvalue weighted by atomic mass is 35.5. The molecule has 3 unspecified atom stereocenters. The van der Waals surface area contributed by atoms with E-state index < -0.39 is 10.2 Å². The second-order valence-corrected chi connectivity index (χ2v) is 8.01. The zero-order valence-electron chi connectivity index (χ0n) is 12.3. The van der Waals surface area contributed by atoms with E-state index in [0.29, 0.717) is 31.5 Å². The summed E-state index contributed by atoms with van der Waals surface area (Å²) < 4.78 is 28.9. The van der Waals surface area contributed by atoms with Crippen molar-refractivity contribution in [1.82, 2.24) is 9.03 Å². The standard InChI is InChI=1S/C13H27N3O2S.ClH/c1-11-4-3-7-16(10-11)19(17,18)15-9-12-5-2-6-13(14)8-12;/h11-13,15H,2-10,14H2,1H3;1H. The number of nitrogens with two attached hydrogens (primary N) is 1. The van der Waals surface area contributed by atoms with E-state index in [4.69, 9.17) is 5.73 Å². The Labute approximate surface area is 129 Å². The number of hydrogen-bond acceptors (Lipinski definition) is 3. The monoisotopic (exact) mass is 325 g/mol. The fourth-order valence-corrected chi connectivity index (χ4v) is 4.65. The van der Waals surface area contributed by atoms with Crippen molar-refractivity contribution in [3.8, 4) is 0 Å². The van der Waals surface area contributed by atoms with E-state index in [1.165, 1.54) is 0 Å². The van der Waals surface area contributed by atoms with Crippen molar-refractivity contribution in [3.05, 3.63) is 0 Å². The summed E-state index contributed by atoms with van der Waals surface area (Å²) in [6, 6.07) is 0.248. The van der Waals surface area contributed by atoms with Gasteiger partial charge in [0.1, 0.15) is 0 Å².